The SMILES string of the molecule is C=C[Si](C)(C)c1cccc(N(C)C(=O)C(F)(C(F)(F)F)C(C)(CC)OC(F)(F)C(F)(C(F)(F)F)C(C)(F)CC)c1. The zero-order valence-electron chi connectivity index (χ0n) is 22.9. The van der Waals surface area contributed by atoms with Crippen LogP contribution in [-0.4, -0.2) is 62.1 Å². The molecule has 1 aromatic rings. The molecule has 0 aromatic heterocycles. The fourth-order valence-corrected chi connectivity index (χ4v) is 5.26. The predicted octanol–water partition coefficient (Wildman–Crippen LogP) is 7.75. The number of nitrogens with zero attached hydrogens (tertiary/aromatic N) is 1. The highest BCUT2D eigenvalue weighted by Crippen LogP contribution is 2.58. The fraction of sp³-hybridized carbons (Fsp3) is 0.640. The van der Waals surface area contributed by atoms with E-state index < -0.39 is 67.9 Å². The lowest BCUT2D eigenvalue weighted by Gasteiger charge is -2.48. The second-order valence-electron chi connectivity index (χ2n) is 10.4. The average molecular weight is 616 g/mol. The summed E-state index contributed by atoms with van der Waals surface area (Å²) in [5.41, 5.74) is -19.0. The van der Waals surface area contributed by atoms with Crippen LogP contribution in [0.3, 0.4) is 0 Å². The standard InChI is InChI=1S/C25H32F11NO2Si/c1-9-19(4,26)22(28,24(32,33)34)25(35,36)39-20(5,10-2)21(27,23(29,30)31)18(38)37(6)16-13-12-14-17(15-16)40(7,8)11-3/h11-15H,3,9-10H2,1-2,4-8H3. The van der Waals surface area contributed by atoms with Crippen molar-refractivity contribution in [3.63, 3.8) is 0 Å². The maximum atomic E-state index is 16.2. The Morgan fingerprint density at radius 2 is 1.43 bits per heavy atom. The van der Waals surface area contributed by atoms with E-state index in [1.165, 1.54) is 12.1 Å². The molecule has 0 fully saturated rings. The monoisotopic (exact) mass is 615 g/mol. The molecular formula is C25H32F11NO2Si. The minimum atomic E-state index is -6.73. The Bertz CT molecular complexity index is 1090. The molecular weight excluding hydrogens is 583 g/mol. The van der Waals surface area contributed by atoms with E-state index in [0.717, 1.165) is 6.07 Å². The minimum Gasteiger partial charge on any atom is -0.312 e. The van der Waals surface area contributed by atoms with Gasteiger partial charge in [-0.25, -0.2) is 13.2 Å². The van der Waals surface area contributed by atoms with Crippen LogP contribution in [0.25, 0.3) is 0 Å². The molecule has 0 bridgehead atoms. The van der Waals surface area contributed by atoms with Gasteiger partial charge in [-0.2, -0.15) is 35.1 Å². The second kappa shape index (κ2) is 10.9. The van der Waals surface area contributed by atoms with Gasteiger partial charge in [0.1, 0.15) is 13.7 Å². The van der Waals surface area contributed by atoms with Crippen molar-refractivity contribution in [3.05, 3.63) is 36.5 Å². The van der Waals surface area contributed by atoms with Crippen LogP contribution in [0, 0.1) is 0 Å². The molecule has 0 N–H and O–H groups in total. The van der Waals surface area contributed by atoms with E-state index >= 15 is 17.6 Å². The Balaban J connectivity index is 3.86. The lowest BCUT2D eigenvalue weighted by atomic mass is 9.79. The summed E-state index contributed by atoms with van der Waals surface area (Å²) >= 11 is 0. The van der Waals surface area contributed by atoms with Crippen molar-refractivity contribution in [3.8, 4) is 0 Å². The van der Waals surface area contributed by atoms with E-state index in [2.05, 4.69) is 11.3 Å². The lowest BCUT2D eigenvalue weighted by molar-refractivity contribution is -0.442. The summed E-state index contributed by atoms with van der Waals surface area (Å²) in [5.74, 6) is -2.54. The van der Waals surface area contributed by atoms with Crippen LogP contribution in [0.15, 0.2) is 36.5 Å². The van der Waals surface area contributed by atoms with Crippen molar-refractivity contribution >= 4 is 24.9 Å². The summed E-state index contributed by atoms with van der Waals surface area (Å²) in [7, 11) is -1.70. The van der Waals surface area contributed by atoms with Crippen molar-refractivity contribution < 1.29 is 57.8 Å². The first-order chi connectivity index (χ1) is 17.7. The normalized spacial score (nSPS) is 19.6. The van der Waals surface area contributed by atoms with Crippen LogP contribution in [0.1, 0.15) is 40.5 Å². The Morgan fingerprint density at radius 1 is 0.925 bits per heavy atom. The molecule has 1 amide bonds. The van der Waals surface area contributed by atoms with Gasteiger partial charge in [0.2, 0.25) is 0 Å². The zero-order valence-corrected chi connectivity index (χ0v) is 23.9. The number of hydrogen-bond acceptors (Lipinski definition) is 2. The number of alkyl halides is 11. The summed E-state index contributed by atoms with van der Waals surface area (Å²) in [4.78, 5) is 13.3. The maximum absolute atomic E-state index is 16.2. The highest BCUT2D eigenvalue weighted by atomic mass is 28.3. The molecule has 1 rings (SSSR count). The van der Waals surface area contributed by atoms with Gasteiger partial charge in [0.15, 0.2) is 5.67 Å². The number of amides is 1. The Hall–Kier alpha value is -2.16. The first-order valence-corrected chi connectivity index (χ1v) is 15.1. The topological polar surface area (TPSA) is 29.5 Å². The van der Waals surface area contributed by atoms with Gasteiger partial charge < -0.3 is 9.64 Å². The van der Waals surface area contributed by atoms with Crippen molar-refractivity contribution in [1.29, 1.82) is 0 Å². The number of halogens is 11. The number of ether oxygens (including phenoxy) is 1. The van der Waals surface area contributed by atoms with Crippen molar-refractivity contribution in [2.45, 2.75) is 94.7 Å². The molecule has 0 spiro atoms. The number of rotatable bonds is 11. The van der Waals surface area contributed by atoms with E-state index in [9.17, 15) is 35.5 Å². The summed E-state index contributed by atoms with van der Waals surface area (Å²) < 4.78 is 164. The molecule has 0 radical (unpaired) electrons. The fourth-order valence-electron chi connectivity index (χ4n) is 3.98. The quantitative estimate of drug-likeness (QED) is 0.188. The average Bonchev–Trinajstić information content (AvgIpc) is 2.84. The van der Waals surface area contributed by atoms with Crippen LogP contribution < -0.4 is 10.1 Å². The highest BCUT2D eigenvalue weighted by molar-refractivity contribution is 6.93. The molecule has 0 heterocycles. The number of carbonyl (C=O) groups is 1. The minimum absolute atomic E-state index is 0.0530. The van der Waals surface area contributed by atoms with E-state index in [-0.39, 0.29) is 24.4 Å². The molecule has 230 valence electrons. The molecule has 40 heavy (non-hydrogen) atoms. The van der Waals surface area contributed by atoms with Gasteiger partial charge in [-0.1, -0.05) is 50.0 Å². The van der Waals surface area contributed by atoms with E-state index in [4.69, 9.17) is 0 Å². The second-order valence-corrected chi connectivity index (χ2v) is 14.8. The summed E-state index contributed by atoms with van der Waals surface area (Å²) in [6.45, 7) is 8.19. The van der Waals surface area contributed by atoms with Gasteiger partial charge >= 0.3 is 29.8 Å². The predicted molar refractivity (Wildman–Crippen MR) is 131 cm³/mol. The van der Waals surface area contributed by atoms with Gasteiger partial charge in [-0.3, -0.25) is 4.79 Å². The number of benzene rings is 1. The van der Waals surface area contributed by atoms with Crippen LogP contribution in [0.5, 0.6) is 0 Å². The molecule has 0 aliphatic rings. The molecule has 0 saturated carbocycles. The number of hydrogen-bond donors (Lipinski definition) is 0. The third-order valence-corrected chi connectivity index (χ3v) is 10.2. The third-order valence-electron chi connectivity index (χ3n) is 7.41. The van der Waals surface area contributed by atoms with Gasteiger partial charge in [-0.15, -0.1) is 6.58 Å². The van der Waals surface area contributed by atoms with E-state index in [1.54, 1.807) is 24.9 Å². The summed E-state index contributed by atoms with van der Waals surface area (Å²) in [5, 5.41) is 0.534. The van der Waals surface area contributed by atoms with Crippen LogP contribution in [-0.2, 0) is 9.53 Å². The summed E-state index contributed by atoms with van der Waals surface area (Å²) in [6.07, 6.45) is -22.6. The van der Waals surface area contributed by atoms with Gasteiger partial charge in [-0.05, 0) is 38.8 Å². The number of anilines is 1. The smallest absolute Gasteiger partial charge is 0.312 e. The molecule has 4 atom stereocenters. The van der Waals surface area contributed by atoms with Gasteiger partial charge in [0, 0.05) is 12.7 Å². The van der Waals surface area contributed by atoms with E-state index in [1.807, 2.05) is 0 Å². The van der Waals surface area contributed by atoms with Crippen LogP contribution >= 0.6 is 0 Å². The Kier molecular flexibility index (Phi) is 9.79. The van der Waals surface area contributed by atoms with Crippen LogP contribution in [0.2, 0.25) is 13.1 Å². The molecule has 4 unspecified atom stereocenters. The van der Waals surface area contributed by atoms with Crippen molar-refractivity contribution in [2.75, 3.05) is 11.9 Å². The highest BCUT2D eigenvalue weighted by Gasteiger charge is 2.83. The first kappa shape index (κ1) is 35.9. The van der Waals surface area contributed by atoms with Crippen molar-refractivity contribution in [1.82, 2.24) is 0 Å². The largest absolute Gasteiger partial charge is 0.434 e. The molecule has 1 aromatic carbocycles. The third kappa shape index (κ3) is 5.64. The van der Waals surface area contributed by atoms with E-state index in [0.29, 0.717) is 26.1 Å². The Morgan fingerprint density at radius 3 is 1.80 bits per heavy atom. The molecule has 0 aliphatic carbocycles. The molecule has 3 nitrogen and oxygen atoms in total. The van der Waals surface area contributed by atoms with Gasteiger partial charge in [0.05, 0.1) is 0 Å². The summed E-state index contributed by atoms with van der Waals surface area (Å²) in [6, 6.07) is 5.25. The molecule has 0 saturated heterocycles. The van der Waals surface area contributed by atoms with Crippen molar-refractivity contribution in [2.24, 2.45) is 0 Å². The van der Waals surface area contributed by atoms with Gasteiger partial charge in [0.25, 0.3) is 5.91 Å². The maximum Gasteiger partial charge on any atom is 0.434 e. The van der Waals surface area contributed by atoms with Crippen LogP contribution in [0.4, 0.5) is 54.0 Å². The molecule has 15 heteroatoms. The first-order valence-electron chi connectivity index (χ1n) is 12.0. The Labute approximate surface area is 226 Å². The number of carbonyl (C=O) groups excluding carboxylic acids is 1. The lowest BCUT2D eigenvalue weighted by Crippen LogP contribution is -2.73. The zero-order chi connectivity index (χ0) is 32.0. The molecule has 0 aliphatic heterocycles.